The van der Waals surface area contributed by atoms with Crippen molar-refractivity contribution in [3.05, 3.63) is 105 Å². The third kappa shape index (κ3) is 8.15. The third-order valence-electron chi connectivity index (χ3n) is 16.5. The van der Waals surface area contributed by atoms with E-state index in [1.807, 2.05) is 24.4 Å². The van der Waals surface area contributed by atoms with E-state index in [1.54, 1.807) is 30.4 Å². The van der Waals surface area contributed by atoms with Crippen LogP contribution in [0.5, 0.6) is 5.75 Å². The minimum Gasteiger partial charge on any atom is -0.491 e. The molecule has 3 saturated heterocycles. The van der Waals surface area contributed by atoms with Crippen LogP contribution in [0.1, 0.15) is 91.3 Å². The van der Waals surface area contributed by atoms with Crippen molar-refractivity contribution in [1.29, 1.82) is 0 Å². The molecule has 1 aliphatic carbocycles. The minimum atomic E-state index is -0.335. The number of hydrogen-bond acceptors (Lipinski definition) is 13. The average Bonchev–Trinajstić information content (AvgIpc) is 3.98. The number of aromatic nitrogens is 4. The highest BCUT2D eigenvalue weighted by atomic mass is 16.5. The number of carbonyl (C=O) groups excluding carboxylic acids is 3. The lowest BCUT2D eigenvalue weighted by Gasteiger charge is -2.48. The van der Waals surface area contributed by atoms with Gasteiger partial charge in [-0.2, -0.15) is 0 Å². The lowest BCUT2D eigenvalue weighted by atomic mass is 9.90. The van der Waals surface area contributed by atoms with Crippen LogP contribution in [0.15, 0.2) is 65.8 Å². The van der Waals surface area contributed by atoms with Crippen molar-refractivity contribution in [2.45, 2.75) is 116 Å². The molecule has 0 radical (unpaired) electrons. The van der Waals surface area contributed by atoms with Gasteiger partial charge in [-0.1, -0.05) is 13.8 Å². The van der Waals surface area contributed by atoms with Gasteiger partial charge in [0.15, 0.2) is 0 Å². The van der Waals surface area contributed by atoms with E-state index in [4.69, 9.17) is 9.72 Å². The molecule has 1 unspecified atom stereocenters. The van der Waals surface area contributed by atoms with Gasteiger partial charge in [-0.15, -0.1) is 0 Å². The zero-order valence-electron chi connectivity index (χ0n) is 41.1. The second-order valence-corrected chi connectivity index (χ2v) is 21.7. The molecular formula is C54H63N11O6. The number of amides is 3. The van der Waals surface area contributed by atoms with Gasteiger partial charge in [-0.3, -0.25) is 39.2 Å². The maximum atomic E-state index is 14.0. The summed E-state index contributed by atoms with van der Waals surface area (Å²) in [4.78, 5) is 73.1. The number of imide groups is 1. The van der Waals surface area contributed by atoms with Crippen molar-refractivity contribution >= 4 is 46.4 Å². The first kappa shape index (κ1) is 45.6. The Hall–Kier alpha value is -6.56. The highest BCUT2D eigenvalue weighted by Crippen LogP contribution is 2.44. The number of ether oxygens (including phenoxy) is 1. The van der Waals surface area contributed by atoms with Gasteiger partial charge in [0, 0.05) is 120 Å². The summed E-state index contributed by atoms with van der Waals surface area (Å²) in [5, 5.41) is 16.6. The number of anilines is 5. The van der Waals surface area contributed by atoms with Gasteiger partial charge >= 0.3 is 0 Å². The van der Waals surface area contributed by atoms with Crippen molar-refractivity contribution in [2.75, 3.05) is 59.3 Å². The van der Waals surface area contributed by atoms with Crippen LogP contribution in [-0.2, 0) is 55.7 Å². The van der Waals surface area contributed by atoms with Crippen LogP contribution in [0, 0.1) is 5.41 Å². The Kier molecular flexibility index (Phi) is 11.3. The fourth-order valence-corrected chi connectivity index (χ4v) is 13.0. The molecule has 0 saturated carbocycles. The van der Waals surface area contributed by atoms with Crippen molar-refractivity contribution in [3.8, 4) is 16.9 Å². The summed E-state index contributed by atoms with van der Waals surface area (Å²) in [5.74, 6) is 1.41. The SMILES string of the molecule is C[C@@H]1CN([C@@H]2CCN3c4cc5c(cc4OCC[C@@H]3C2)CN(C2CCC(=O)NC2=O)C5)CCN1c1ccc(Nc2cc(-c3ccnc(N4CCn5c(cc6c5CC(C)(C)C6)C4=O)c3CO)cn(C)c2=O)nc1. The lowest BCUT2D eigenvalue weighted by Crippen LogP contribution is -2.58. The third-order valence-corrected chi connectivity index (χ3v) is 16.5. The number of aryl methyl sites for hydroxylation is 1. The average molecular weight is 962 g/mol. The molecule has 71 heavy (non-hydrogen) atoms. The topological polar surface area (TPSA) is 174 Å². The number of piperidine rings is 2. The van der Waals surface area contributed by atoms with Crippen molar-refractivity contribution in [3.63, 3.8) is 0 Å². The maximum absolute atomic E-state index is 14.0. The molecule has 3 fully saturated rings. The van der Waals surface area contributed by atoms with Crippen molar-refractivity contribution in [2.24, 2.45) is 12.5 Å². The monoisotopic (exact) mass is 961 g/mol. The normalized spacial score (nSPS) is 24.1. The van der Waals surface area contributed by atoms with Gasteiger partial charge in [-0.25, -0.2) is 9.97 Å². The number of nitrogens with one attached hydrogen (secondary N) is 2. The van der Waals surface area contributed by atoms with E-state index in [0.29, 0.717) is 97.4 Å². The van der Waals surface area contributed by atoms with E-state index >= 15 is 0 Å². The number of aliphatic hydroxyl groups excluding tert-OH is 1. The number of aliphatic hydroxyl groups is 1. The standard InChI is InChI=1S/C54H63N11O6/c1-32-27-60(37-10-13-63-38(23-37)11-18-71-47-22-35-30-61(29-34(35)21-44(47)63)43-6-8-49(67)58-51(43)68)14-15-62(32)39-5-7-48(56-26-39)57-42-19-36(28-59(4)52(42)69)40-9-12-55-50(41(40)31-66)65-17-16-64-45(53(65)70)20-33-24-54(2,3)25-46(33)64/h5,7,9,12,19-22,26,28,32,37-38,43,66H,6,8,10-11,13-18,23-25,27,29-31H2,1-4H3,(H,56,57)(H,58,67,68)/t32-,37-,38-,43?/m1/s1. The van der Waals surface area contributed by atoms with E-state index < -0.39 is 0 Å². The van der Waals surface area contributed by atoms with Gasteiger partial charge in [0.2, 0.25) is 11.8 Å². The van der Waals surface area contributed by atoms with Gasteiger partial charge < -0.3 is 34.1 Å². The summed E-state index contributed by atoms with van der Waals surface area (Å²) in [5.41, 5.74) is 10.0. The summed E-state index contributed by atoms with van der Waals surface area (Å²) in [6.45, 7) is 13.4. The molecule has 4 atom stereocenters. The number of fused-ring (bicyclic) bond motifs is 7. The second-order valence-electron chi connectivity index (χ2n) is 21.7. The molecule has 6 aliphatic heterocycles. The van der Waals surface area contributed by atoms with Crippen molar-refractivity contribution in [1.82, 2.24) is 34.2 Å². The molecule has 7 aliphatic rings. The molecule has 3 N–H and O–H groups in total. The Morgan fingerprint density at radius 1 is 0.873 bits per heavy atom. The van der Waals surface area contributed by atoms with Crippen LogP contribution in [0.3, 0.4) is 0 Å². The smallest absolute Gasteiger partial charge is 0.276 e. The Bertz CT molecular complexity index is 3040. The molecule has 3 amide bonds. The van der Waals surface area contributed by atoms with E-state index in [1.165, 1.54) is 32.6 Å². The van der Waals surface area contributed by atoms with Crippen LogP contribution < -0.4 is 35.6 Å². The van der Waals surface area contributed by atoms with Gasteiger partial charge in [-0.05, 0) is 109 Å². The molecule has 5 aromatic rings. The lowest BCUT2D eigenvalue weighted by molar-refractivity contribution is -0.137. The summed E-state index contributed by atoms with van der Waals surface area (Å²) in [6.07, 6.45) is 11.2. The summed E-state index contributed by atoms with van der Waals surface area (Å²) in [6, 6.07) is 15.0. The zero-order chi connectivity index (χ0) is 48.9. The van der Waals surface area contributed by atoms with Gasteiger partial charge in [0.1, 0.15) is 28.8 Å². The number of piperazine rings is 1. The first-order chi connectivity index (χ1) is 34.3. The van der Waals surface area contributed by atoms with E-state index in [9.17, 15) is 24.3 Å². The summed E-state index contributed by atoms with van der Waals surface area (Å²) >= 11 is 0. The molecule has 12 rings (SSSR count). The van der Waals surface area contributed by atoms with Crippen molar-refractivity contribution < 1.29 is 24.2 Å². The molecule has 1 aromatic carbocycles. The molecule has 370 valence electrons. The molecule has 17 nitrogen and oxygen atoms in total. The second kappa shape index (κ2) is 17.6. The van der Waals surface area contributed by atoms with E-state index in [2.05, 4.69) is 78.8 Å². The van der Waals surface area contributed by atoms with Crippen LogP contribution >= 0.6 is 0 Å². The highest BCUT2D eigenvalue weighted by molar-refractivity contribution is 6.06. The maximum Gasteiger partial charge on any atom is 0.276 e. The fourth-order valence-electron chi connectivity index (χ4n) is 13.0. The Labute approximate surface area is 413 Å². The Morgan fingerprint density at radius 3 is 2.51 bits per heavy atom. The highest BCUT2D eigenvalue weighted by Gasteiger charge is 2.41. The quantitative estimate of drug-likeness (QED) is 0.175. The predicted molar refractivity (Wildman–Crippen MR) is 270 cm³/mol. The molecule has 4 aromatic heterocycles. The zero-order valence-corrected chi connectivity index (χ0v) is 41.1. The predicted octanol–water partition coefficient (Wildman–Crippen LogP) is 5.12. The number of pyridine rings is 3. The van der Waals surface area contributed by atoms with Crippen LogP contribution in [0.2, 0.25) is 0 Å². The number of benzene rings is 1. The fraction of sp³-hybridized carbons (Fsp3) is 0.481. The van der Waals surface area contributed by atoms with Crippen LogP contribution in [0.4, 0.5) is 28.7 Å². The molecule has 0 spiro atoms. The minimum absolute atomic E-state index is 0.123. The number of hydrogen-bond donors (Lipinski definition) is 3. The first-order valence-electron chi connectivity index (χ1n) is 25.5. The van der Waals surface area contributed by atoms with E-state index in [0.717, 1.165) is 69.7 Å². The molecular weight excluding hydrogens is 899 g/mol. The largest absolute Gasteiger partial charge is 0.491 e. The molecule has 0 bridgehead atoms. The summed E-state index contributed by atoms with van der Waals surface area (Å²) in [7, 11) is 1.71. The first-order valence-corrected chi connectivity index (χ1v) is 25.5. The van der Waals surface area contributed by atoms with Crippen LogP contribution in [-0.4, -0.2) is 115 Å². The van der Waals surface area contributed by atoms with Crippen LogP contribution in [0.25, 0.3) is 11.1 Å². The van der Waals surface area contributed by atoms with Gasteiger partial charge in [0.05, 0.1) is 36.8 Å². The number of carbonyl (C=O) groups is 3. The van der Waals surface area contributed by atoms with Gasteiger partial charge in [0.25, 0.3) is 11.5 Å². The van der Waals surface area contributed by atoms with E-state index in [-0.39, 0.29) is 47.4 Å². The Balaban J connectivity index is 0.691. The molecule has 10 heterocycles. The molecule has 17 heteroatoms. The summed E-state index contributed by atoms with van der Waals surface area (Å²) < 4.78 is 10.1. The Morgan fingerprint density at radius 2 is 1.72 bits per heavy atom. The number of rotatable bonds is 8. The number of nitrogens with zero attached hydrogens (tertiary/aromatic N) is 9.